The number of esters is 3. The van der Waals surface area contributed by atoms with Crippen LogP contribution in [0.5, 0.6) is 0 Å². The SMILES string of the molecule is CCC(=O)O[C@H]1C[C@H]2OC[C@@]2(OC(C)=O)C2[C@H](OC(=O)c3ccccc3)[C@]3(O)C[C@H](O)C(C)=C([C@@H](C)C(=O)[C@@]21C)C3(C)C. The molecule has 0 radical (unpaired) electrons. The van der Waals surface area contributed by atoms with E-state index in [9.17, 15) is 29.4 Å². The van der Waals surface area contributed by atoms with Crippen molar-refractivity contribution in [2.24, 2.45) is 22.7 Å². The lowest BCUT2D eigenvalue weighted by atomic mass is 9.43. The lowest BCUT2D eigenvalue weighted by molar-refractivity contribution is -0.346. The average Bonchev–Trinajstić information content (AvgIpc) is 2.94. The molecule has 1 saturated heterocycles. The van der Waals surface area contributed by atoms with Gasteiger partial charge in [-0.2, -0.15) is 0 Å². The third-order valence-electron chi connectivity index (χ3n) is 10.8. The van der Waals surface area contributed by atoms with E-state index < -0.39 is 76.2 Å². The zero-order chi connectivity index (χ0) is 31.7. The van der Waals surface area contributed by atoms with Crippen LogP contribution in [-0.4, -0.2) is 76.1 Å². The van der Waals surface area contributed by atoms with Crippen LogP contribution in [0.15, 0.2) is 41.5 Å². The summed E-state index contributed by atoms with van der Waals surface area (Å²) in [7, 11) is 0. The number of benzene rings is 1. The second-order valence-corrected chi connectivity index (χ2v) is 13.3. The molecule has 4 aliphatic rings. The van der Waals surface area contributed by atoms with Gasteiger partial charge < -0.3 is 29.2 Å². The molecule has 0 spiro atoms. The van der Waals surface area contributed by atoms with Gasteiger partial charge in [0.05, 0.1) is 29.6 Å². The number of hydrogen-bond donors (Lipinski definition) is 2. The van der Waals surface area contributed by atoms with E-state index in [0.717, 1.165) is 0 Å². The Morgan fingerprint density at radius 3 is 2.30 bits per heavy atom. The van der Waals surface area contributed by atoms with Crippen molar-refractivity contribution in [3.63, 3.8) is 0 Å². The number of aliphatic hydroxyl groups is 2. The molecule has 1 unspecified atom stereocenters. The summed E-state index contributed by atoms with van der Waals surface area (Å²) in [5, 5.41) is 24.3. The highest BCUT2D eigenvalue weighted by molar-refractivity contribution is 5.92. The first-order valence-electron chi connectivity index (χ1n) is 15.0. The molecule has 10 nitrogen and oxygen atoms in total. The van der Waals surface area contributed by atoms with E-state index in [0.29, 0.717) is 11.1 Å². The minimum atomic E-state index is -1.95. The maximum Gasteiger partial charge on any atom is 0.338 e. The van der Waals surface area contributed by atoms with Crippen LogP contribution in [0.25, 0.3) is 0 Å². The van der Waals surface area contributed by atoms with E-state index in [-0.39, 0.29) is 37.2 Å². The smallest absolute Gasteiger partial charge is 0.338 e. The van der Waals surface area contributed by atoms with Gasteiger partial charge in [-0.3, -0.25) is 14.4 Å². The molecule has 3 aliphatic carbocycles. The summed E-state index contributed by atoms with van der Waals surface area (Å²) in [4.78, 5) is 54.2. The van der Waals surface area contributed by atoms with Crippen molar-refractivity contribution in [2.75, 3.05) is 6.61 Å². The summed E-state index contributed by atoms with van der Waals surface area (Å²) in [5.74, 6) is -4.29. The molecule has 9 atom stereocenters. The number of carbonyl (C=O) groups is 4. The van der Waals surface area contributed by atoms with Gasteiger partial charge in [-0.15, -0.1) is 0 Å². The lowest BCUT2D eigenvalue weighted by Gasteiger charge is -2.67. The second kappa shape index (κ2) is 10.5. The Balaban J connectivity index is 1.83. The predicted molar refractivity (Wildman–Crippen MR) is 152 cm³/mol. The number of Topliss-reactive ketones (excluding diaryl/α,β-unsaturated/α-hetero) is 1. The number of ether oxygens (including phenoxy) is 4. The Hall–Kier alpha value is -3.08. The van der Waals surface area contributed by atoms with Gasteiger partial charge in [0.15, 0.2) is 5.60 Å². The summed E-state index contributed by atoms with van der Waals surface area (Å²) >= 11 is 0. The molecule has 2 N–H and O–H groups in total. The van der Waals surface area contributed by atoms with E-state index in [4.69, 9.17) is 18.9 Å². The largest absolute Gasteiger partial charge is 0.461 e. The lowest BCUT2D eigenvalue weighted by Crippen LogP contribution is -2.81. The quantitative estimate of drug-likeness (QED) is 0.294. The standard InChI is InChI=1S/C33H42O10/c1-8-24(36)41-22-14-23-32(16-40-23,43-19(4)34)26-28(42-29(38)20-12-10-9-11-13-20)33(39)15-21(35)17(2)25(30(33,5)6)18(3)27(37)31(22,26)7/h9-13,18,21-23,26,28,35,39H,8,14-16H2,1-7H3/t18-,21+,22+,23-,26?,28+,31-,32+,33-/m1/s1. The zero-order valence-electron chi connectivity index (χ0n) is 25.8. The zero-order valence-corrected chi connectivity index (χ0v) is 25.8. The summed E-state index contributed by atoms with van der Waals surface area (Å²) in [6.45, 7) is 11.4. The molecule has 43 heavy (non-hydrogen) atoms. The van der Waals surface area contributed by atoms with E-state index in [1.807, 2.05) is 0 Å². The van der Waals surface area contributed by atoms with Gasteiger partial charge >= 0.3 is 17.9 Å². The van der Waals surface area contributed by atoms with Crippen molar-refractivity contribution >= 4 is 23.7 Å². The minimum Gasteiger partial charge on any atom is -0.461 e. The first-order chi connectivity index (χ1) is 20.1. The van der Waals surface area contributed by atoms with Crippen LogP contribution in [0.1, 0.15) is 78.1 Å². The predicted octanol–water partition coefficient (Wildman–Crippen LogP) is 3.32. The summed E-state index contributed by atoms with van der Waals surface area (Å²) < 4.78 is 24.2. The van der Waals surface area contributed by atoms with Gasteiger partial charge in [-0.1, -0.05) is 45.9 Å². The molecule has 1 aromatic carbocycles. The Kier molecular flexibility index (Phi) is 7.67. The summed E-state index contributed by atoms with van der Waals surface area (Å²) in [6, 6.07) is 8.24. The fourth-order valence-electron chi connectivity index (χ4n) is 8.55. The van der Waals surface area contributed by atoms with Crippen molar-refractivity contribution in [3.8, 4) is 0 Å². The minimum absolute atomic E-state index is 0.0570. The summed E-state index contributed by atoms with van der Waals surface area (Å²) in [6.07, 6.45) is -4.57. The van der Waals surface area contributed by atoms with Crippen LogP contribution in [0.3, 0.4) is 0 Å². The van der Waals surface area contributed by atoms with Crippen LogP contribution in [0.2, 0.25) is 0 Å². The number of aliphatic hydroxyl groups excluding tert-OH is 1. The van der Waals surface area contributed by atoms with Crippen molar-refractivity contribution in [3.05, 3.63) is 47.0 Å². The summed E-state index contributed by atoms with van der Waals surface area (Å²) in [5.41, 5.74) is -4.91. The highest BCUT2D eigenvalue weighted by Gasteiger charge is 2.78. The van der Waals surface area contributed by atoms with Crippen LogP contribution in [-0.2, 0) is 33.3 Å². The van der Waals surface area contributed by atoms with Gasteiger partial charge in [0.25, 0.3) is 0 Å². The van der Waals surface area contributed by atoms with Crippen molar-refractivity contribution < 1.29 is 48.3 Å². The van der Waals surface area contributed by atoms with Crippen LogP contribution >= 0.6 is 0 Å². The van der Waals surface area contributed by atoms with Gasteiger partial charge in [0.2, 0.25) is 0 Å². The number of hydrogen-bond acceptors (Lipinski definition) is 10. The maximum atomic E-state index is 15.0. The molecule has 0 aromatic heterocycles. The van der Waals surface area contributed by atoms with Gasteiger partial charge in [-0.05, 0) is 37.1 Å². The Morgan fingerprint density at radius 2 is 1.74 bits per heavy atom. The molecular formula is C33H42O10. The van der Waals surface area contributed by atoms with E-state index in [1.165, 1.54) is 6.92 Å². The van der Waals surface area contributed by atoms with Gasteiger partial charge in [0, 0.05) is 37.5 Å². The van der Waals surface area contributed by atoms with Crippen LogP contribution in [0, 0.1) is 22.7 Å². The van der Waals surface area contributed by atoms with Crippen LogP contribution in [0.4, 0.5) is 0 Å². The second-order valence-electron chi connectivity index (χ2n) is 13.3. The third-order valence-corrected chi connectivity index (χ3v) is 10.8. The molecule has 1 aromatic rings. The molecule has 1 aliphatic heterocycles. The van der Waals surface area contributed by atoms with Gasteiger partial charge in [-0.25, -0.2) is 4.79 Å². The van der Waals surface area contributed by atoms with E-state index in [2.05, 4.69) is 0 Å². The normalized spacial score (nSPS) is 39.7. The maximum absolute atomic E-state index is 15.0. The van der Waals surface area contributed by atoms with Crippen molar-refractivity contribution in [1.82, 2.24) is 0 Å². The molecule has 0 amide bonds. The number of carbonyl (C=O) groups excluding carboxylic acids is 4. The number of ketones is 1. The molecule has 10 heteroatoms. The molecule has 5 rings (SSSR count). The van der Waals surface area contributed by atoms with Gasteiger partial charge in [0.1, 0.15) is 29.7 Å². The van der Waals surface area contributed by atoms with Crippen molar-refractivity contribution in [2.45, 2.75) is 103 Å². The van der Waals surface area contributed by atoms with E-state index in [1.54, 1.807) is 71.9 Å². The first-order valence-corrected chi connectivity index (χ1v) is 15.0. The Morgan fingerprint density at radius 1 is 1.09 bits per heavy atom. The fourth-order valence-corrected chi connectivity index (χ4v) is 8.55. The molecule has 3 fully saturated rings. The molecule has 2 saturated carbocycles. The Bertz CT molecular complexity index is 1370. The number of fused-ring (bicyclic) bond motifs is 5. The third kappa shape index (κ3) is 4.39. The van der Waals surface area contributed by atoms with Crippen molar-refractivity contribution in [1.29, 1.82) is 0 Å². The highest BCUT2D eigenvalue weighted by Crippen LogP contribution is 2.65. The number of rotatable bonds is 5. The highest BCUT2D eigenvalue weighted by atomic mass is 16.6. The average molecular weight is 599 g/mol. The monoisotopic (exact) mass is 598 g/mol. The fraction of sp³-hybridized carbons (Fsp3) is 0.636. The molecule has 2 bridgehead atoms. The van der Waals surface area contributed by atoms with Crippen LogP contribution < -0.4 is 0 Å². The first kappa shape index (κ1) is 31.3. The molecular weight excluding hydrogens is 556 g/mol. The molecule has 1 heterocycles. The Labute approximate surface area is 251 Å². The molecule has 234 valence electrons. The topological polar surface area (TPSA) is 146 Å². The van der Waals surface area contributed by atoms with E-state index >= 15 is 0 Å².